The van der Waals surface area contributed by atoms with Gasteiger partial charge in [-0.25, -0.2) is 4.98 Å². The lowest BCUT2D eigenvalue weighted by Gasteiger charge is -2.42. The Bertz CT molecular complexity index is 1180. The van der Waals surface area contributed by atoms with Crippen molar-refractivity contribution in [1.29, 1.82) is 0 Å². The molecule has 2 N–H and O–H groups in total. The number of pyridine rings is 1. The number of nitrogens with zero attached hydrogens (tertiary/aromatic N) is 3. The zero-order chi connectivity index (χ0) is 23.2. The average Bonchev–Trinajstić information content (AvgIpc) is 3.17. The maximum absolute atomic E-state index is 12.8. The summed E-state index contributed by atoms with van der Waals surface area (Å²) in [5, 5.41) is 15.3. The Morgan fingerprint density at radius 3 is 2.48 bits per heavy atom. The average molecular weight is 487 g/mol. The second-order valence-electron chi connectivity index (χ2n) is 9.49. The molecule has 0 spiro atoms. The Morgan fingerprint density at radius 1 is 1.21 bits per heavy atom. The SMILES string of the molecule is Cn1ccc2c(S(C)=O)c(NC3(CO)CCC3)nc(N3CCC(c4ccc(Cl)cc4)CC3)c21. The second-order valence-corrected chi connectivity index (χ2v) is 11.2. The van der Waals surface area contributed by atoms with Crippen molar-refractivity contribution >= 4 is 44.9 Å². The first-order valence-corrected chi connectivity index (χ1v) is 13.6. The van der Waals surface area contributed by atoms with E-state index < -0.39 is 10.8 Å². The summed E-state index contributed by atoms with van der Waals surface area (Å²) >= 11 is 6.07. The molecular weight excluding hydrogens is 456 g/mol. The monoisotopic (exact) mass is 486 g/mol. The molecule has 1 saturated heterocycles. The minimum atomic E-state index is -1.21. The molecule has 8 heteroatoms. The second kappa shape index (κ2) is 8.93. The number of benzene rings is 1. The molecule has 1 aliphatic carbocycles. The van der Waals surface area contributed by atoms with E-state index in [9.17, 15) is 9.32 Å². The third-order valence-electron chi connectivity index (χ3n) is 7.38. The predicted octanol–water partition coefficient (Wildman–Crippen LogP) is 4.68. The molecule has 0 amide bonds. The number of aromatic nitrogens is 2. The molecule has 176 valence electrons. The summed E-state index contributed by atoms with van der Waals surface area (Å²) in [5.74, 6) is 2.09. The lowest BCUT2D eigenvalue weighted by atomic mass is 9.77. The van der Waals surface area contributed by atoms with E-state index >= 15 is 0 Å². The molecule has 3 aromatic rings. The molecule has 3 heterocycles. The molecule has 0 bridgehead atoms. The Labute approximate surface area is 202 Å². The Hall–Kier alpha value is -2.09. The Balaban J connectivity index is 1.50. The van der Waals surface area contributed by atoms with Gasteiger partial charge >= 0.3 is 0 Å². The van der Waals surface area contributed by atoms with Crippen molar-refractivity contribution in [1.82, 2.24) is 9.55 Å². The molecule has 1 saturated carbocycles. The normalized spacial score (nSPS) is 19.5. The van der Waals surface area contributed by atoms with E-state index in [-0.39, 0.29) is 12.1 Å². The lowest BCUT2D eigenvalue weighted by Crippen LogP contribution is -2.48. The molecule has 1 atom stereocenters. The summed E-state index contributed by atoms with van der Waals surface area (Å²) in [6, 6.07) is 10.2. The van der Waals surface area contributed by atoms with E-state index in [1.54, 1.807) is 6.26 Å². The van der Waals surface area contributed by atoms with Gasteiger partial charge in [-0.3, -0.25) is 4.21 Å². The van der Waals surface area contributed by atoms with Gasteiger partial charge in [-0.2, -0.15) is 0 Å². The number of anilines is 2. The van der Waals surface area contributed by atoms with Gasteiger partial charge in [0.1, 0.15) is 5.82 Å². The van der Waals surface area contributed by atoms with Crippen molar-refractivity contribution in [2.45, 2.75) is 48.5 Å². The van der Waals surface area contributed by atoms with E-state index in [1.165, 1.54) is 5.56 Å². The van der Waals surface area contributed by atoms with Crippen LogP contribution in [0.2, 0.25) is 5.02 Å². The van der Waals surface area contributed by atoms with Gasteiger partial charge in [0.15, 0.2) is 5.82 Å². The molecule has 1 aliphatic heterocycles. The Morgan fingerprint density at radius 2 is 1.91 bits per heavy atom. The van der Waals surface area contributed by atoms with Gasteiger partial charge in [0.25, 0.3) is 0 Å². The maximum Gasteiger partial charge on any atom is 0.155 e. The summed E-state index contributed by atoms with van der Waals surface area (Å²) < 4.78 is 14.9. The smallest absolute Gasteiger partial charge is 0.155 e. The zero-order valence-electron chi connectivity index (χ0n) is 19.2. The van der Waals surface area contributed by atoms with Crippen LogP contribution in [0.15, 0.2) is 41.4 Å². The molecule has 2 fully saturated rings. The number of halogens is 1. The van der Waals surface area contributed by atoms with E-state index in [0.29, 0.717) is 11.7 Å². The standard InChI is InChI=1S/C25H31ClN4O2S/c1-29-13-10-20-21(29)24(27-23(22(20)33(2)32)28-25(16-31)11-3-12-25)30-14-8-18(9-15-30)17-4-6-19(26)7-5-17/h4-7,10,13,18,31H,3,8-9,11-12,14-16H2,1-2H3,(H,27,28). The van der Waals surface area contributed by atoms with Gasteiger partial charge in [0.2, 0.25) is 0 Å². The van der Waals surface area contributed by atoms with Gasteiger partial charge in [0, 0.05) is 43.0 Å². The molecule has 2 aliphatic rings. The van der Waals surface area contributed by atoms with Crippen molar-refractivity contribution in [3.8, 4) is 0 Å². The molecule has 5 rings (SSSR count). The number of aryl methyl sites for hydroxylation is 1. The maximum atomic E-state index is 12.8. The van der Waals surface area contributed by atoms with Crippen LogP contribution in [0, 0.1) is 0 Å². The van der Waals surface area contributed by atoms with Gasteiger partial charge in [0.05, 0.1) is 33.4 Å². The quantitative estimate of drug-likeness (QED) is 0.529. The van der Waals surface area contributed by atoms with Crippen LogP contribution < -0.4 is 10.2 Å². The number of hydrogen-bond acceptors (Lipinski definition) is 5. The molecule has 0 radical (unpaired) electrons. The highest BCUT2D eigenvalue weighted by Gasteiger charge is 2.38. The number of rotatable bonds is 6. The Kier molecular flexibility index (Phi) is 6.14. The van der Waals surface area contributed by atoms with E-state index in [2.05, 4.69) is 26.9 Å². The third kappa shape index (κ3) is 4.15. The summed E-state index contributed by atoms with van der Waals surface area (Å²) in [7, 11) is 0.807. The van der Waals surface area contributed by atoms with E-state index in [1.807, 2.05) is 31.4 Å². The van der Waals surface area contributed by atoms with Crippen LogP contribution in [0.5, 0.6) is 0 Å². The van der Waals surface area contributed by atoms with Crippen LogP contribution >= 0.6 is 11.6 Å². The van der Waals surface area contributed by atoms with Crippen LogP contribution in [0.1, 0.15) is 43.6 Å². The van der Waals surface area contributed by atoms with Crippen LogP contribution in [-0.2, 0) is 17.8 Å². The molecule has 2 aromatic heterocycles. The van der Waals surface area contributed by atoms with Crippen molar-refractivity contribution in [2.75, 3.05) is 36.2 Å². The number of piperidine rings is 1. The van der Waals surface area contributed by atoms with Gasteiger partial charge < -0.3 is 19.9 Å². The molecule has 1 aromatic carbocycles. The molecule has 33 heavy (non-hydrogen) atoms. The first-order valence-electron chi connectivity index (χ1n) is 11.6. The third-order valence-corrected chi connectivity index (χ3v) is 8.62. The van der Waals surface area contributed by atoms with Crippen LogP contribution in [0.4, 0.5) is 11.6 Å². The first kappa shape index (κ1) is 22.7. The fourth-order valence-corrected chi connectivity index (χ4v) is 6.23. The number of aliphatic hydroxyl groups is 1. The highest BCUT2D eigenvalue weighted by atomic mass is 35.5. The number of fused-ring (bicyclic) bond motifs is 1. The first-order chi connectivity index (χ1) is 15.9. The highest BCUT2D eigenvalue weighted by Crippen LogP contribution is 2.41. The molecule has 6 nitrogen and oxygen atoms in total. The summed E-state index contributed by atoms with van der Waals surface area (Å²) in [5.41, 5.74) is 2.00. The minimum absolute atomic E-state index is 0.0547. The van der Waals surface area contributed by atoms with Gasteiger partial charge in [-0.15, -0.1) is 0 Å². The predicted molar refractivity (Wildman–Crippen MR) is 136 cm³/mol. The summed E-state index contributed by atoms with van der Waals surface area (Å²) in [6.07, 6.45) is 8.68. The summed E-state index contributed by atoms with van der Waals surface area (Å²) in [6.45, 7) is 1.86. The van der Waals surface area contributed by atoms with E-state index in [0.717, 1.165) is 71.8 Å². The number of aliphatic hydroxyl groups excluding tert-OH is 1. The van der Waals surface area contributed by atoms with Crippen LogP contribution in [-0.4, -0.2) is 50.4 Å². The lowest BCUT2D eigenvalue weighted by molar-refractivity contribution is 0.143. The van der Waals surface area contributed by atoms with Crippen LogP contribution in [0.25, 0.3) is 10.9 Å². The largest absolute Gasteiger partial charge is 0.394 e. The van der Waals surface area contributed by atoms with E-state index in [4.69, 9.17) is 16.6 Å². The van der Waals surface area contributed by atoms with Crippen molar-refractivity contribution in [3.63, 3.8) is 0 Å². The summed E-state index contributed by atoms with van der Waals surface area (Å²) in [4.78, 5) is 8.16. The van der Waals surface area contributed by atoms with Crippen LogP contribution in [0.3, 0.4) is 0 Å². The highest BCUT2D eigenvalue weighted by molar-refractivity contribution is 7.84. The van der Waals surface area contributed by atoms with Gasteiger partial charge in [-0.1, -0.05) is 23.7 Å². The topological polar surface area (TPSA) is 70.4 Å². The number of nitrogens with one attached hydrogen (secondary N) is 1. The zero-order valence-corrected chi connectivity index (χ0v) is 20.8. The number of hydrogen-bond donors (Lipinski definition) is 2. The molecule has 1 unspecified atom stereocenters. The van der Waals surface area contributed by atoms with Gasteiger partial charge in [-0.05, 0) is 61.8 Å². The van der Waals surface area contributed by atoms with Crippen molar-refractivity contribution < 1.29 is 9.32 Å². The van der Waals surface area contributed by atoms with Crippen molar-refractivity contribution in [3.05, 3.63) is 47.1 Å². The fourth-order valence-electron chi connectivity index (χ4n) is 5.26. The fraction of sp³-hybridized carbons (Fsp3) is 0.480. The minimum Gasteiger partial charge on any atom is -0.394 e. The molecular formula is C25H31ClN4O2S. The van der Waals surface area contributed by atoms with Crippen molar-refractivity contribution in [2.24, 2.45) is 7.05 Å².